The number of nitrogens with zero attached hydrogens (tertiary/aromatic N) is 2. The van der Waals surface area contributed by atoms with Crippen LogP contribution in [-0.4, -0.2) is 29.2 Å². The molecular weight excluding hydrogens is 248 g/mol. The quantitative estimate of drug-likeness (QED) is 0.805. The van der Waals surface area contributed by atoms with Crippen molar-refractivity contribution in [1.29, 1.82) is 0 Å². The Kier molecular flexibility index (Phi) is 4.25. The summed E-state index contributed by atoms with van der Waals surface area (Å²) in [5.74, 6) is 0.674. The molecule has 0 fully saturated rings. The number of rotatable bonds is 5. The van der Waals surface area contributed by atoms with Crippen LogP contribution < -0.4 is 10.6 Å². The zero-order valence-corrected chi connectivity index (χ0v) is 10.8. The second kappa shape index (κ2) is 6.11. The molecule has 0 atom stereocenters. The molecule has 0 aliphatic carbocycles. The van der Waals surface area contributed by atoms with Gasteiger partial charge in [0.05, 0.1) is 10.6 Å². The highest BCUT2D eigenvalue weighted by atomic mass is 32.1. The third-order valence-corrected chi connectivity index (χ3v) is 3.13. The Bertz CT molecular complexity index is 495. The van der Waals surface area contributed by atoms with E-state index in [1.807, 2.05) is 30.5 Å². The Labute approximate surface area is 109 Å². The minimum atomic E-state index is -0.0400. The standard InChI is InChI=1S/C12H14N4OS/c1-9-4-5-11(16-15-9)13-6-7-14-12(17)10-3-2-8-18-10/h2-5,8H,6-7H2,1H3,(H,13,16)(H,14,17). The van der Waals surface area contributed by atoms with E-state index < -0.39 is 0 Å². The summed E-state index contributed by atoms with van der Waals surface area (Å²) in [7, 11) is 0. The van der Waals surface area contributed by atoms with Gasteiger partial charge in [0, 0.05) is 13.1 Å². The molecule has 1 amide bonds. The topological polar surface area (TPSA) is 66.9 Å². The van der Waals surface area contributed by atoms with Crippen molar-refractivity contribution in [2.75, 3.05) is 18.4 Å². The summed E-state index contributed by atoms with van der Waals surface area (Å²) in [6.07, 6.45) is 0. The molecule has 0 saturated carbocycles. The van der Waals surface area contributed by atoms with Gasteiger partial charge in [-0.3, -0.25) is 4.79 Å². The van der Waals surface area contributed by atoms with Crippen molar-refractivity contribution in [1.82, 2.24) is 15.5 Å². The monoisotopic (exact) mass is 262 g/mol. The molecule has 94 valence electrons. The molecular formula is C12H14N4OS. The molecule has 0 aromatic carbocycles. The van der Waals surface area contributed by atoms with Crippen LogP contribution in [0.1, 0.15) is 15.4 Å². The number of anilines is 1. The van der Waals surface area contributed by atoms with Crippen molar-refractivity contribution in [3.05, 3.63) is 40.2 Å². The van der Waals surface area contributed by atoms with Gasteiger partial charge in [0.1, 0.15) is 5.82 Å². The summed E-state index contributed by atoms with van der Waals surface area (Å²) >= 11 is 1.43. The Morgan fingerprint density at radius 1 is 1.28 bits per heavy atom. The van der Waals surface area contributed by atoms with Crippen LogP contribution in [0.15, 0.2) is 29.6 Å². The van der Waals surface area contributed by atoms with Gasteiger partial charge in [0.2, 0.25) is 0 Å². The first-order valence-electron chi connectivity index (χ1n) is 5.61. The van der Waals surface area contributed by atoms with E-state index >= 15 is 0 Å². The van der Waals surface area contributed by atoms with Gasteiger partial charge in [-0.25, -0.2) is 0 Å². The number of nitrogens with one attached hydrogen (secondary N) is 2. The molecule has 6 heteroatoms. The Balaban J connectivity index is 1.70. The maximum Gasteiger partial charge on any atom is 0.261 e. The molecule has 0 radical (unpaired) electrons. The SMILES string of the molecule is Cc1ccc(NCCNC(=O)c2cccs2)nn1. The van der Waals surface area contributed by atoms with Gasteiger partial charge >= 0.3 is 0 Å². The zero-order chi connectivity index (χ0) is 12.8. The average molecular weight is 262 g/mol. The van der Waals surface area contributed by atoms with Crippen LogP contribution in [0.5, 0.6) is 0 Å². The summed E-state index contributed by atoms with van der Waals surface area (Å²) in [6, 6.07) is 7.42. The van der Waals surface area contributed by atoms with E-state index in [0.29, 0.717) is 18.9 Å². The summed E-state index contributed by atoms with van der Waals surface area (Å²) in [5.41, 5.74) is 0.881. The third-order valence-electron chi connectivity index (χ3n) is 2.26. The number of aromatic nitrogens is 2. The number of thiophene rings is 1. The first-order valence-corrected chi connectivity index (χ1v) is 6.49. The number of amides is 1. The molecule has 2 rings (SSSR count). The number of hydrogen-bond acceptors (Lipinski definition) is 5. The van der Waals surface area contributed by atoms with Gasteiger partial charge in [-0.05, 0) is 30.5 Å². The Hall–Kier alpha value is -1.95. The summed E-state index contributed by atoms with van der Waals surface area (Å²) in [6.45, 7) is 3.05. The molecule has 2 aromatic rings. The average Bonchev–Trinajstić information content (AvgIpc) is 2.90. The maximum absolute atomic E-state index is 11.6. The number of aryl methyl sites for hydroxylation is 1. The van der Waals surface area contributed by atoms with Crippen LogP contribution in [0, 0.1) is 6.92 Å². The minimum absolute atomic E-state index is 0.0400. The van der Waals surface area contributed by atoms with Crippen LogP contribution in [-0.2, 0) is 0 Å². The first-order chi connectivity index (χ1) is 8.75. The highest BCUT2D eigenvalue weighted by Crippen LogP contribution is 2.07. The van der Waals surface area contributed by atoms with Crippen LogP contribution in [0.4, 0.5) is 5.82 Å². The van der Waals surface area contributed by atoms with Crippen molar-refractivity contribution >= 4 is 23.1 Å². The molecule has 0 saturated heterocycles. The predicted molar refractivity (Wildman–Crippen MR) is 71.9 cm³/mol. The Morgan fingerprint density at radius 3 is 2.83 bits per heavy atom. The lowest BCUT2D eigenvalue weighted by Gasteiger charge is -2.06. The summed E-state index contributed by atoms with van der Waals surface area (Å²) in [4.78, 5) is 12.3. The second-order valence-corrected chi connectivity index (χ2v) is 4.67. The fourth-order valence-electron chi connectivity index (χ4n) is 1.35. The van der Waals surface area contributed by atoms with Gasteiger partial charge in [-0.15, -0.1) is 16.4 Å². The number of carbonyl (C=O) groups is 1. The third kappa shape index (κ3) is 3.53. The van der Waals surface area contributed by atoms with Crippen LogP contribution in [0.3, 0.4) is 0 Å². The predicted octanol–water partition coefficient (Wildman–Crippen LogP) is 1.69. The largest absolute Gasteiger partial charge is 0.367 e. The lowest BCUT2D eigenvalue weighted by Crippen LogP contribution is -2.28. The normalized spacial score (nSPS) is 10.1. The molecule has 2 N–H and O–H groups in total. The molecule has 5 nitrogen and oxygen atoms in total. The van der Waals surface area contributed by atoms with E-state index in [4.69, 9.17) is 0 Å². The van der Waals surface area contributed by atoms with Gasteiger partial charge in [-0.1, -0.05) is 6.07 Å². The van der Waals surface area contributed by atoms with Crippen LogP contribution >= 0.6 is 11.3 Å². The van der Waals surface area contributed by atoms with E-state index in [1.165, 1.54) is 11.3 Å². The summed E-state index contributed by atoms with van der Waals surface area (Å²) < 4.78 is 0. The Morgan fingerprint density at radius 2 is 2.17 bits per heavy atom. The van der Waals surface area contributed by atoms with E-state index in [-0.39, 0.29) is 5.91 Å². The number of hydrogen-bond donors (Lipinski definition) is 2. The van der Waals surface area contributed by atoms with Crippen molar-refractivity contribution in [2.45, 2.75) is 6.92 Å². The highest BCUT2D eigenvalue weighted by molar-refractivity contribution is 7.12. The van der Waals surface area contributed by atoms with Gasteiger partial charge in [0.15, 0.2) is 0 Å². The van der Waals surface area contributed by atoms with Crippen molar-refractivity contribution in [2.24, 2.45) is 0 Å². The van der Waals surface area contributed by atoms with Crippen LogP contribution in [0.25, 0.3) is 0 Å². The van der Waals surface area contributed by atoms with Gasteiger partial charge in [-0.2, -0.15) is 5.10 Å². The van der Waals surface area contributed by atoms with Gasteiger partial charge < -0.3 is 10.6 Å². The molecule has 0 unspecified atom stereocenters. The molecule has 0 aliphatic heterocycles. The molecule has 18 heavy (non-hydrogen) atoms. The van der Waals surface area contributed by atoms with Crippen LogP contribution in [0.2, 0.25) is 0 Å². The zero-order valence-electron chi connectivity index (χ0n) is 10.0. The molecule has 0 bridgehead atoms. The fraction of sp³-hybridized carbons (Fsp3) is 0.250. The van der Waals surface area contributed by atoms with E-state index in [2.05, 4.69) is 20.8 Å². The fourth-order valence-corrected chi connectivity index (χ4v) is 1.99. The van der Waals surface area contributed by atoms with Crippen molar-refractivity contribution in [3.63, 3.8) is 0 Å². The molecule has 0 spiro atoms. The molecule has 2 aromatic heterocycles. The van der Waals surface area contributed by atoms with Gasteiger partial charge in [0.25, 0.3) is 5.91 Å². The first kappa shape index (κ1) is 12.5. The lowest BCUT2D eigenvalue weighted by atomic mass is 10.4. The van der Waals surface area contributed by atoms with Crippen molar-refractivity contribution < 1.29 is 4.79 Å². The highest BCUT2D eigenvalue weighted by Gasteiger charge is 2.04. The number of carbonyl (C=O) groups excluding carboxylic acids is 1. The molecule has 2 heterocycles. The minimum Gasteiger partial charge on any atom is -0.367 e. The summed E-state index contributed by atoms with van der Waals surface area (Å²) in [5, 5.41) is 15.7. The van der Waals surface area contributed by atoms with Crippen molar-refractivity contribution in [3.8, 4) is 0 Å². The second-order valence-electron chi connectivity index (χ2n) is 3.72. The van der Waals surface area contributed by atoms with E-state index in [0.717, 1.165) is 10.6 Å². The van der Waals surface area contributed by atoms with E-state index in [1.54, 1.807) is 6.07 Å². The van der Waals surface area contributed by atoms with E-state index in [9.17, 15) is 4.79 Å². The smallest absolute Gasteiger partial charge is 0.261 e. The lowest BCUT2D eigenvalue weighted by molar-refractivity contribution is 0.0959. The molecule has 0 aliphatic rings. The maximum atomic E-state index is 11.6.